The third kappa shape index (κ3) is 8.12. The third-order valence-corrected chi connectivity index (χ3v) is 2.43. The van der Waals surface area contributed by atoms with Gasteiger partial charge in [-0.3, -0.25) is 4.79 Å². The van der Waals surface area contributed by atoms with E-state index in [-0.39, 0.29) is 24.0 Å². The van der Waals surface area contributed by atoms with Gasteiger partial charge >= 0.3 is 0 Å². The first kappa shape index (κ1) is 16.4. The lowest BCUT2D eigenvalue weighted by atomic mass is 10.1. The Labute approximate surface area is 104 Å². The van der Waals surface area contributed by atoms with E-state index in [2.05, 4.69) is 10.6 Å². The van der Waals surface area contributed by atoms with Gasteiger partial charge < -0.3 is 21.1 Å². The Hall–Kier alpha value is -0.650. The van der Waals surface area contributed by atoms with Gasteiger partial charge in [-0.05, 0) is 40.2 Å². The number of hydrogen-bond acceptors (Lipinski definition) is 4. The molecule has 0 radical (unpaired) electrons. The molecule has 0 bridgehead atoms. The molecule has 0 aliphatic rings. The van der Waals surface area contributed by atoms with Gasteiger partial charge in [0.2, 0.25) is 5.91 Å². The molecule has 0 spiro atoms. The van der Waals surface area contributed by atoms with Crippen LogP contribution in [0.15, 0.2) is 0 Å². The molecule has 1 amide bonds. The molecule has 0 heterocycles. The minimum absolute atomic E-state index is 0.0221. The monoisotopic (exact) mass is 245 g/mol. The van der Waals surface area contributed by atoms with Crippen molar-refractivity contribution in [1.82, 2.24) is 10.6 Å². The summed E-state index contributed by atoms with van der Waals surface area (Å²) in [5.74, 6) is 0.0221. The van der Waals surface area contributed by atoms with E-state index in [1.807, 2.05) is 20.8 Å². The molecule has 0 rings (SSSR count). The van der Waals surface area contributed by atoms with Crippen LogP contribution >= 0.6 is 0 Å². The molecule has 102 valence electrons. The van der Waals surface area contributed by atoms with E-state index in [0.717, 1.165) is 12.8 Å². The number of nitrogens with two attached hydrogens (primary N) is 1. The minimum atomic E-state index is -0.213. The average molecular weight is 245 g/mol. The van der Waals surface area contributed by atoms with Gasteiger partial charge in [0.25, 0.3) is 0 Å². The summed E-state index contributed by atoms with van der Waals surface area (Å²) in [5.41, 5.74) is 5.48. The van der Waals surface area contributed by atoms with Crippen LogP contribution in [0.2, 0.25) is 0 Å². The van der Waals surface area contributed by atoms with Gasteiger partial charge in [0.1, 0.15) is 0 Å². The zero-order valence-electron chi connectivity index (χ0n) is 11.5. The lowest BCUT2D eigenvalue weighted by molar-refractivity contribution is -0.123. The van der Waals surface area contributed by atoms with Crippen molar-refractivity contribution in [2.45, 2.75) is 51.7 Å². The van der Waals surface area contributed by atoms with Gasteiger partial charge in [-0.25, -0.2) is 0 Å². The Balaban J connectivity index is 4.08. The third-order valence-electron chi connectivity index (χ3n) is 2.43. The summed E-state index contributed by atoms with van der Waals surface area (Å²) in [6, 6.07) is 0.128. The number of hydrogen-bond donors (Lipinski definition) is 3. The van der Waals surface area contributed by atoms with Gasteiger partial charge in [-0.15, -0.1) is 0 Å². The van der Waals surface area contributed by atoms with Crippen LogP contribution in [0.3, 0.4) is 0 Å². The van der Waals surface area contributed by atoms with Gasteiger partial charge in [0, 0.05) is 19.2 Å². The fraction of sp³-hybridized carbons (Fsp3) is 0.917. The summed E-state index contributed by atoms with van der Waals surface area (Å²) in [6.45, 7) is 7.02. The van der Waals surface area contributed by atoms with Crippen molar-refractivity contribution in [1.29, 1.82) is 0 Å². The number of nitrogens with one attached hydrogen (secondary N) is 2. The van der Waals surface area contributed by atoms with E-state index in [9.17, 15) is 4.79 Å². The van der Waals surface area contributed by atoms with Crippen LogP contribution in [0.4, 0.5) is 0 Å². The molecule has 0 saturated carbocycles. The highest BCUT2D eigenvalue weighted by Gasteiger charge is 2.17. The molecule has 5 nitrogen and oxygen atoms in total. The number of carbonyl (C=O) groups excluding carboxylic acids is 1. The van der Waals surface area contributed by atoms with Crippen LogP contribution in [0.5, 0.6) is 0 Å². The average Bonchev–Trinajstić information content (AvgIpc) is 2.25. The molecule has 0 fully saturated rings. The quantitative estimate of drug-likeness (QED) is 0.544. The van der Waals surface area contributed by atoms with Gasteiger partial charge in [-0.1, -0.05) is 0 Å². The first-order chi connectivity index (χ1) is 8.01. The molecule has 5 heteroatoms. The van der Waals surface area contributed by atoms with E-state index >= 15 is 0 Å². The fourth-order valence-electron chi connectivity index (χ4n) is 1.62. The van der Waals surface area contributed by atoms with Gasteiger partial charge in [0.15, 0.2) is 0 Å². The van der Waals surface area contributed by atoms with Crippen molar-refractivity contribution in [3.63, 3.8) is 0 Å². The molecule has 0 aromatic carbocycles. The van der Waals surface area contributed by atoms with E-state index in [1.165, 1.54) is 0 Å². The lowest BCUT2D eigenvalue weighted by Gasteiger charge is -2.23. The Morgan fingerprint density at radius 2 is 2.00 bits per heavy atom. The molecule has 2 atom stereocenters. The lowest BCUT2D eigenvalue weighted by Crippen LogP contribution is -2.49. The van der Waals surface area contributed by atoms with Crippen LogP contribution in [0, 0.1) is 0 Å². The predicted molar refractivity (Wildman–Crippen MR) is 69.8 cm³/mol. The van der Waals surface area contributed by atoms with Gasteiger partial charge in [0.05, 0.1) is 12.6 Å². The summed E-state index contributed by atoms with van der Waals surface area (Å²) in [4.78, 5) is 11.7. The van der Waals surface area contributed by atoms with Crippen molar-refractivity contribution < 1.29 is 9.53 Å². The zero-order valence-corrected chi connectivity index (χ0v) is 11.5. The summed E-state index contributed by atoms with van der Waals surface area (Å²) < 4.78 is 5.13. The summed E-state index contributed by atoms with van der Waals surface area (Å²) in [5, 5.41) is 6.14. The van der Waals surface area contributed by atoms with Crippen LogP contribution < -0.4 is 16.4 Å². The SMILES string of the molecule is COCC(CCCN)NC(C)C(=O)NC(C)C. The van der Waals surface area contributed by atoms with Crippen LogP contribution in [-0.2, 0) is 9.53 Å². The normalized spacial score (nSPS) is 14.7. The highest BCUT2D eigenvalue weighted by atomic mass is 16.5. The maximum Gasteiger partial charge on any atom is 0.237 e. The minimum Gasteiger partial charge on any atom is -0.383 e. The van der Waals surface area contributed by atoms with E-state index in [4.69, 9.17) is 10.5 Å². The Morgan fingerprint density at radius 1 is 1.35 bits per heavy atom. The zero-order chi connectivity index (χ0) is 13.3. The van der Waals surface area contributed by atoms with E-state index < -0.39 is 0 Å². The first-order valence-corrected chi connectivity index (χ1v) is 6.26. The summed E-state index contributed by atoms with van der Waals surface area (Å²) in [7, 11) is 1.66. The highest BCUT2D eigenvalue weighted by molar-refractivity contribution is 5.81. The van der Waals surface area contributed by atoms with Crippen molar-refractivity contribution in [2.24, 2.45) is 5.73 Å². The van der Waals surface area contributed by atoms with Crippen LogP contribution in [0.1, 0.15) is 33.6 Å². The van der Waals surface area contributed by atoms with E-state index in [1.54, 1.807) is 7.11 Å². The van der Waals surface area contributed by atoms with Crippen molar-refractivity contribution >= 4 is 5.91 Å². The summed E-state index contributed by atoms with van der Waals surface area (Å²) >= 11 is 0. The molecule has 0 aromatic rings. The number of carbonyl (C=O) groups is 1. The van der Waals surface area contributed by atoms with Crippen LogP contribution in [-0.4, -0.2) is 44.3 Å². The maximum atomic E-state index is 11.7. The molecule has 0 aliphatic carbocycles. The number of amides is 1. The number of methoxy groups -OCH3 is 1. The standard InChI is InChI=1S/C12H27N3O2/c1-9(2)14-12(16)10(3)15-11(8-17-4)6-5-7-13/h9-11,15H,5-8,13H2,1-4H3,(H,14,16). The number of ether oxygens (including phenoxy) is 1. The smallest absolute Gasteiger partial charge is 0.237 e. The Bertz CT molecular complexity index is 210. The fourth-order valence-corrected chi connectivity index (χ4v) is 1.62. The van der Waals surface area contributed by atoms with E-state index in [0.29, 0.717) is 13.2 Å². The molecule has 0 saturated heterocycles. The highest BCUT2D eigenvalue weighted by Crippen LogP contribution is 1.99. The molecule has 2 unspecified atom stereocenters. The molecular weight excluding hydrogens is 218 g/mol. The second-order valence-electron chi connectivity index (χ2n) is 4.63. The molecule has 0 aliphatic heterocycles. The second-order valence-corrected chi connectivity index (χ2v) is 4.63. The van der Waals surface area contributed by atoms with Crippen LogP contribution in [0.25, 0.3) is 0 Å². The van der Waals surface area contributed by atoms with Gasteiger partial charge in [-0.2, -0.15) is 0 Å². The van der Waals surface area contributed by atoms with Crippen molar-refractivity contribution in [2.75, 3.05) is 20.3 Å². The maximum absolute atomic E-state index is 11.7. The predicted octanol–water partition coefficient (Wildman–Crippen LogP) is 0.243. The Morgan fingerprint density at radius 3 is 2.47 bits per heavy atom. The van der Waals surface area contributed by atoms with Crippen molar-refractivity contribution in [3.8, 4) is 0 Å². The second kappa shape index (κ2) is 9.39. The van der Waals surface area contributed by atoms with Crippen molar-refractivity contribution in [3.05, 3.63) is 0 Å². The largest absolute Gasteiger partial charge is 0.383 e. The topological polar surface area (TPSA) is 76.4 Å². The molecule has 0 aromatic heterocycles. The number of rotatable bonds is 9. The Kier molecular flexibility index (Phi) is 9.03. The first-order valence-electron chi connectivity index (χ1n) is 6.26. The molecule has 17 heavy (non-hydrogen) atoms. The molecular formula is C12H27N3O2. The molecule has 4 N–H and O–H groups in total. The summed E-state index contributed by atoms with van der Waals surface area (Å²) in [6.07, 6.45) is 1.85.